The van der Waals surface area contributed by atoms with Crippen molar-refractivity contribution in [2.45, 2.75) is 19.9 Å². The van der Waals surface area contributed by atoms with E-state index in [4.69, 9.17) is 16.3 Å². The summed E-state index contributed by atoms with van der Waals surface area (Å²) < 4.78 is 5.25. The van der Waals surface area contributed by atoms with Gasteiger partial charge in [-0.05, 0) is 37.1 Å². The van der Waals surface area contributed by atoms with E-state index in [2.05, 4.69) is 24.1 Å². The van der Waals surface area contributed by atoms with Gasteiger partial charge in [0.2, 0.25) is 0 Å². The van der Waals surface area contributed by atoms with Crippen molar-refractivity contribution in [2.75, 3.05) is 33.3 Å². The molecule has 1 saturated heterocycles. The summed E-state index contributed by atoms with van der Waals surface area (Å²) in [5.41, 5.74) is 2.53. The zero-order valence-electron chi connectivity index (χ0n) is 11.3. The highest BCUT2D eigenvalue weighted by Gasteiger charge is 2.20. The number of benzene rings is 1. The Kier molecular flexibility index (Phi) is 4.49. The molecule has 0 aliphatic carbocycles. The molecule has 1 aromatic carbocycles. The van der Waals surface area contributed by atoms with Crippen LogP contribution in [0.1, 0.15) is 24.1 Å². The zero-order valence-corrected chi connectivity index (χ0v) is 12.0. The van der Waals surface area contributed by atoms with Crippen LogP contribution < -0.4 is 10.1 Å². The third-order valence-electron chi connectivity index (χ3n) is 3.69. The van der Waals surface area contributed by atoms with Crippen LogP contribution in [0.4, 0.5) is 0 Å². The molecule has 0 aromatic heterocycles. The van der Waals surface area contributed by atoms with Crippen LogP contribution in [0.25, 0.3) is 0 Å². The molecule has 1 heterocycles. The lowest BCUT2D eigenvalue weighted by Crippen LogP contribution is -2.44. The molecule has 100 valence electrons. The maximum atomic E-state index is 6.23. The molecule has 3 nitrogen and oxygen atoms in total. The molecule has 0 amide bonds. The average molecular weight is 269 g/mol. The number of piperazine rings is 1. The van der Waals surface area contributed by atoms with Crippen LogP contribution in [-0.2, 0) is 0 Å². The lowest BCUT2D eigenvalue weighted by molar-refractivity contribution is 0.185. The Balaban J connectivity index is 2.23. The summed E-state index contributed by atoms with van der Waals surface area (Å²) in [6, 6.07) is 4.47. The molecule has 2 rings (SSSR count). The van der Waals surface area contributed by atoms with Gasteiger partial charge < -0.3 is 10.1 Å². The van der Waals surface area contributed by atoms with Gasteiger partial charge in [-0.2, -0.15) is 0 Å². The van der Waals surface area contributed by atoms with Gasteiger partial charge in [0, 0.05) is 32.2 Å². The third kappa shape index (κ3) is 2.79. The largest absolute Gasteiger partial charge is 0.495 e. The molecule has 1 aliphatic heterocycles. The van der Waals surface area contributed by atoms with E-state index < -0.39 is 0 Å². The van der Waals surface area contributed by atoms with Crippen molar-refractivity contribution in [3.05, 3.63) is 28.3 Å². The molecule has 1 atom stereocenters. The topological polar surface area (TPSA) is 24.5 Å². The number of halogens is 1. The molecule has 0 spiro atoms. The minimum atomic E-state index is 0.399. The molecule has 18 heavy (non-hydrogen) atoms. The van der Waals surface area contributed by atoms with Crippen molar-refractivity contribution < 1.29 is 4.74 Å². The van der Waals surface area contributed by atoms with Gasteiger partial charge in [0.25, 0.3) is 0 Å². The Labute approximate surface area is 114 Å². The predicted octanol–water partition coefficient (Wildman–Crippen LogP) is 2.62. The molecule has 1 aliphatic rings. The monoisotopic (exact) mass is 268 g/mol. The lowest BCUT2D eigenvalue weighted by Gasteiger charge is -2.34. The predicted molar refractivity (Wildman–Crippen MR) is 75.6 cm³/mol. The number of aryl methyl sites for hydroxylation is 1. The van der Waals surface area contributed by atoms with E-state index in [1.165, 1.54) is 11.1 Å². The van der Waals surface area contributed by atoms with Gasteiger partial charge in [0.15, 0.2) is 0 Å². The molecule has 1 aromatic rings. The van der Waals surface area contributed by atoms with Crippen LogP contribution in [0.5, 0.6) is 5.75 Å². The minimum Gasteiger partial charge on any atom is -0.495 e. The van der Waals surface area contributed by atoms with Crippen LogP contribution >= 0.6 is 11.6 Å². The quantitative estimate of drug-likeness (QED) is 0.912. The van der Waals surface area contributed by atoms with Gasteiger partial charge in [-0.15, -0.1) is 0 Å². The van der Waals surface area contributed by atoms with Gasteiger partial charge in [-0.1, -0.05) is 11.6 Å². The summed E-state index contributed by atoms with van der Waals surface area (Å²) in [5, 5.41) is 4.07. The third-order valence-corrected chi connectivity index (χ3v) is 3.99. The summed E-state index contributed by atoms with van der Waals surface area (Å²) in [6.45, 7) is 8.67. The average Bonchev–Trinajstić information content (AvgIpc) is 2.41. The van der Waals surface area contributed by atoms with Gasteiger partial charge in [-0.3, -0.25) is 4.90 Å². The summed E-state index contributed by atoms with van der Waals surface area (Å²) in [7, 11) is 1.65. The van der Waals surface area contributed by atoms with Gasteiger partial charge >= 0.3 is 0 Å². The molecule has 1 fully saturated rings. The number of hydrogen-bond acceptors (Lipinski definition) is 3. The minimum absolute atomic E-state index is 0.399. The van der Waals surface area contributed by atoms with E-state index in [1.807, 2.05) is 12.1 Å². The van der Waals surface area contributed by atoms with Gasteiger partial charge in [0.1, 0.15) is 5.75 Å². The van der Waals surface area contributed by atoms with E-state index >= 15 is 0 Å². The highest BCUT2D eigenvalue weighted by Crippen LogP contribution is 2.32. The first-order chi connectivity index (χ1) is 8.63. The van der Waals surface area contributed by atoms with Crippen LogP contribution in [0.2, 0.25) is 5.02 Å². The molecule has 1 N–H and O–H groups in total. The van der Waals surface area contributed by atoms with Crippen molar-refractivity contribution in [3.8, 4) is 5.75 Å². The molecular weight excluding hydrogens is 248 g/mol. The molecule has 1 unspecified atom stereocenters. The fourth-order valence-corrected chi connectivity index (χ4v) is 2.79. The number of hydrogen-bond donors (Lipinski definition) is 1. The van der Waals surface area contributed by atoms with Gasteiger partial charge in [-0.25, -0.2) is 0 Å². The van der Waals surface area contributed by atoms with Crippen molar-refractivity contribution >= 4 is 11.6 Å². The summed E-state index contributed by atoms with van der Waals surface area (Å²) in [4.78, 5) is 2.49. The first-order valence-electron chi connectivity index (χ1n) is 6.42. The van der Waals surface area contributed by atoms with E-state index in [-0.39, 0.29) is 0 Å². The Morgan fingerprint density at radius 1 is 1.33 bits per heavy atom. The van der Waals surface area contributed by atoms with E-state index in [0.29, 0.717) is 11.1 Å². The lowest BCUT2D eigenvalue weighted by atomic mass is 10.0. The van der Waals surface area contributed by atoms with Crippen LogP contribution in [-0.4, -0.2) is 38.2 Å². The van der Waals surface area contributed by atoms with Crippen molar-refractivity contribution in [3.63, 3.8) is 0 Å². The Morgan fingerprint density at radius 2 is 2.00 bits per heavy atom. The molecular formula is C14H21ClN2O. The van der Waals surface area contributed by atoms with Crippen LogP contribution in [0, 0.1) is 6.92 Å². The number of methoxy groups -OCH3 is 1. The smallest absolute Gasteiger partial charge is 0.137 e. The Bertz CT molecular complexity index is 417. The fraction of sp³-hybridized carbons (Fsp3) is 0.571. The zero-order chi connectivity index (χ0) is 13.1. The Hall–Kier alpha value is -0.770. The first kappa shape index (κ1) is 13.7. The van der Waals surface area contributed by atoms with E-state index in [9.17, 15) is 0 Å². The second-order valence-electron chi connectivity index (χ2n) is 4.81. The number of nitrogens with one attached hydrogen (secondary N) is 1. The van der Waals surface area contributed by atoms with Crippen LogP contribution in [0.3, 0.4) is 0 Å². The highest BCUT2D eigenvalue weighted by molar-refractivity contribution is 6.32. The fourth-order valence-electron chi connectivity index (χ4n) is 2.54. The second-order valence-corrected chi connectivity index (χ2v) is 5.21. The molecule has 0 radical (unpaired) electrons. The van der Waals surface area contributed by atoms with Crippen molar-refractivity contribution in [1.82, 2.24) is 10.2 Å². The molecule has 0 saturated carbocycles. The maximum Gasteiger partial charge on any atom is 0.137 e. The molecule has 0 bridgehead atoms. The number of ether oxygens (including phenoxy) is 1. The first-order valence-corrected chi connectivity index (χ1v) is 6.80. The SMILES string of the molecule is COc1cc(C)c(C(C)N2CCNCC2)cc1Cl. The highest BCUT2D eigenvalue weighted by atomic mass is 35.5. The van der Waals surface area contributed by atoms with E-state index in [0.717, 1.165) is 31.9 Å². The maximum absolute atomic E-state index is 6.23. The van der Waals surface area contributed by atoms with Crippen LogP contribution in [0.15, 0.2) is 12.1 Å². The summed E-state index contributed by atoms with van der Waals surface area (Å²) in [5.74, 6) is 0.755. The van der Waals surface area contributed by atoms with Gasteiger partial charge in [0.05, 0.1) is 12.1 Å². The summed E-state index contributed by atoms with van der Waals surface area (Å²) >= 11 is 6.23. The standard InChI is InChI=1S/C14H21ClN2O/c1-10-8-14(18-3)13(15)9-12(10)11(2)17-6-4-16-5-7-17/h8-9,11,16H,4-7H2,1-3H3. The number of rotatable bonds is 3. The Morgan fingerprint density at radius 3 is 2.61 bits per heavy atom. The number of nitrogens with zero attached hydrogens (tertiary/aromatic N) is 1. The summed E-state index contributed by atoms with van der Waals surface area (Å²) in [6.07, 6.45) is 0. The van der Waals surface area contributed by atoms with Crippen molar-refractivity contribution in [1.29, 1.82) is 0 Å². The van der Waals surface area contributed by atoms with E-state index in [1.54, 1.807) is 7.11 Å². The van der Waals surface area contributed by atoms with Crippen molar-refractivity contribution in [2.24, 2.45) is 0 Å². The normalized spacial score (nSPS) is 18.7. The molecule has 4 heteroatoms. The second kappa shape index (κ2) is 5.91.